The largest absolute Gasteiger partial charge is 0.339 e. The number of carbonyl (C=O) groups is 2. The predicted octanol–water partition coefficient (Wildman–Crippen LogP) is 2.87. The van der Waals surface area contributed by atoms with E-state index in [1.807, 2.05) is 23.1 Å². The van der Waals surface area contributed by atoms with E-state index in [-0.39, 0.29) is 11.8 Å². The highest BCUT2D eigenvalue weighted by atomic mass is 32.2. The number of imidazole rings is 1. The van der Waals surface area contributed by atoms with Crippen LogP contribution >= 0.6 is 11.8 Å². The van der Waals surface area contributed by atoms with Crippen LogP contribution in [0.5, 0.6) is 0 Å². The third-order valence-electron chi connectivity index (χ3n) is 4.95. The molecule has 2 aromatic rings. The van der Waals surface area contributed by atoms with Crippen molar-refractivity contribution in [2.45, 2.75) is 38.9 Å². The molecule has 0 radical (unpaired) electrons. The van der Waals surface area contributed by atoms with Gasteiger partial charge in [-0.2, -0.15) is 0 Å². The Hall–Kier alpha value is -2.02. The summed E-state index contributed by atoms with van der Waals surface area (Å²) in [4.78, 5) is 32.4. The van der Waals surface area contributed by atoms with Gasteiger partial charge >= 0.3 is 0 Å². The maximum absolute atomic E-state index is 12.6. The first-order chi connectivity index (χ1) is 13.0. The van der Waals surface area contributed by atoms with Crippen molar-refractivity contribution >= 4 is 34.6 Å². The molecule has 0 aliphatic carbocycles. The van der Waals surface area contributed by atoms with Crippen molar-refractivity contribution in [2.75, 3.05) is 31.9 Å². The average Bonchev–Trinajstić information content (AvgIpc) is 3.02. The van der Waals surface area contributed by atoms with Crippen molar-refractivity contribution in [1.82, 2.24) is 19.4 Å². The number of aryl methyl sites for hydroxylation is 1. The monoisotopic (exact) mass is 388 g/mol. The fourth-order valence-corrected chi connectivity index (χ4v) is 4.20. The zero-order valence-corrected chi connectivity index (χ0v) is 17.2. The number of benzene rings is 1. The molecule has 0 bridgehead atoms. The number of nitrogens with zero attached hydrogens (tertiary/aromatic N) is 4. The first-order valence-corrected chi connectivity index (χ1v) is 10.6. The Labute approximate surface area is 164 Å². The van der Waals surface area contributed by atoms with E-state index in [0.29, 0.717) is 37.8 Å². The second-order valence-corrected chi connectivity index (χ2v) is 8.34. The highest BCUT2D eigenvalue weighted by Crippen LogP contribution is 2.25. The van der Waals surface area contributed by atoms with Gasteiger partial charge in [0, 0.05) is 39.6 Å². The quantitative estimate of drug-likeness (QED) is 0.714. The Morgan fingerprint density at radius 3 is 2.44 bits per heavy atom. The third-order valence-corrected chi connectivity index (χ3v) is 5.91. The maximum atomic E-state index is 12.6. The Morgan fingerprint density at radius 1 is 1.11 bits per heavy atom. The molecule has 6 nitrogen and oxygen atoms in total. The summed E-state index contributed by atoms with van der Waals surface area (Å²) in [5.74, 6) is 1.19. The lowest BCUT2D eigenvalue weighted by Crippen LogP contribution is -2.50. The van der Waals surface area contributed by atoms with Crippen LogP contribution in [-0.2, 0) is 16.1 Å². The SMILES string of the molecule is CC(=O)N1CCN(C(=O)CSc2nc3ccccc3n2CCC(C)C)CC1. The van der Waals surface area contributed by atoms with Gasteiger partial charge in [-0.1, -0.05) is 37.7 Å². The van der Waals surface area contributed by atoms with E-state index in [1.165, 1.54) is 11.8 Å². The van der Waals surface area contributed by atoms with E-state index >= 15 is 0 Å². The molecule has 146 valence electrons. The van der Waals surface area contributed by atoms with Crippen LogP contribution in [0.2, 0.25) is 0 Å². The number of hydrogen-bond donors (Lipinski definition) is 0. The smallest absolute Gasteiger partial charge is 0.233 e. The summed E-state index contributed by atoms with van der Waals surface area (Å²) in [6, 6.07) is 8.14. The summed E-state index contributed by atoms with van der Waals surface area (Å²) in [6.45, 7) is 9.40. The van der Waals surface area contributed by atoms with Gasteiger partial charge in [-0.05, 0) is 24.5 Å². The fourth-order valence-electron chi connectivity index (χ4n) is 3.26. The summed E-state index contributed by atoms with van der Waals surface area (Å²) < 4.78 is 2.24. The molecule has 2 heterocycles. The van der Waals surface area contributed by atoms with Gasteiger partial charge in [-0.25, -0.2) is 4.98 Å². The van der Waals surface area contributed by atoms with Crippen LogP contribution in [0.1, 0.15) is 27.2 Å². The first kappa shape index (κ1) is 19.7. The lowest BCUT2D eigenvalue weighted by atomic mass is 10.1. The molecule has 1 aliphatic heterocycles. The van der Waals surface area contributed by atoms with Gasteiger partial charge < -0.3 is 14.4 Å². The van der Waals surface area contributed by atoms with Crippen molar-refractivity contribution in [3.05, 3.63) is 24.3 Å². The predicted molar refractivity (Wildman–Crippen MR) is 109 cm³/mol. The molecule has 7 heteroatoms. The van der Waals surface area contributed by atoms with Crippen LogP contribution in [0.4, 0.5) is 0 Å². The summed E-state index contributed by atoms with van der Waals surface area (Å²) >= 11 is 1.51. The molecule has 0 N–H and O–H groups in total. The van der Waals surface area contributed by atoms with Crippen LogP contribution in [0.25, 0.3) is 11.0 Å². The first-order valence-electron chi connectivity index (χ1n) is 9.57. The Morgan fingerprint density at radius 2 is 1.78 bits per heavy atom. The summed E-state index contributed by atoms with van der Waals surface area (Å²) in [7, 11) is 0. The van der Waals surface area contributed by atoms with E-state index < -0.39 is 0 Å². The second-order valence-electron chi connectivity index (χ2n) is 7.39. The van der Waals surface area contributed by atoms with Crippen LogP contribution in [-0.4, -0.2) is 63.1 Å². The minimum Gasteiger partial charge on any atom is -0.339 e. The van der Waals surface area contributed by atoms with E-state index in [0.717, 1.165) is 29.2 Å². The molecule has 0 unspecified atom stereocenters. The molecule has 1 saturated heterocycles. The number of thioether (sulfide) groups is 1. The van der Waals surface area contributed by atoms with Crippen LogP contribution in [0.15, 0.2) is 29.4 Å². The van der Waals surface area contributed by atoms with Crippen molar-refractivity contribution in [1.29, 1.82) is 0 Å². The number of rotatable bonds is 6. The van der Waals surface area contributed by atoms with Crippen molar-refractivity contribution in [2.24, 2.45) is 5.92 Å². The van der Waals surface area contributed by atoms with Crippen LogP contribution < -0.4 is 0 Å². The molecule has 0 spiro atoms. The Bertz CT molecular complexity index is 809. The van der Waals surface area contributed by atoms with Crippen molar-refractivity contribution in [3.63, 3.8) is 0 Å². The normalized spacial score (nSPS) is 15.0. The summed E-state index contributed by atoms with van der Waals surface area (Å²) in [6.07, 6.45) is 1.08. The molecular weight excluding hydrogens is 360 g/mol. The number of carbonyl (C=O) groups excluding carboxylic acids is 2. The van der Waals surface area contributed by atoms with Gasteiger partial charge in [0.1, 0.15) is 0 Å². The van der Waals surface area contributed by atoms with Gasteiger partial charge in [0.05, 0.1) is 16.8 Å². The molecule has 1 aromatic carbocycles. The van der Waals surface area contributed by atoms with E-state index in [9.17, 15) is 9.59 Å². The topological polar surface area (TPSA) is 58.4 Å². The van der Waals surface area contributed by atoms with Crippen molar-refractivity contribution in [3.8, 4) is 0 Å². The molecular formula is C20H28N4O2S. The van der Waals surface area contributed by atoms with Crippen molar-refractivity contribution < 1.29 is 9.59 Å². The van der Waals surface area contributed by atoms with E-state index in [4.69, 9.17) is 4.98 Å². The average molecular weight is 389 g/mol. The minimum atomic E-state index is 0.0790. The molecule has 1 aromatic heterocycles. The van der Waals surface area contributed by atoms with Crippen LogP contribution in [0, 0.1) is 5.92 Å². The minimum absolute atomic E-state index is 0.0790. The summed E-state index contributed by atoms with van der Waals surface area (Å²) in [5, 5.41) is 0.910. The van der Waals surface area contributed by atoms with E-state index in [1.54, 1.807) is 11.8 Å². The van der Waals surface area contributed by atoms with Gasteiger partial charge in [0.2, 0.25) is 11.8 Å². The summed E-state index contributed by atoms with van der Waals surface area (Å²) in [5.41, 5.74) is 2.11. The molecule has 27 heavy (non-hydrogen) atoms. The lowest BCUT2D eigenvalue weighted by Gasteiger charge is -2.34. The molecule has 0 saturated carbocycles. The Balaban J connectivity index is 1.65. The number of piperazine rings is 1. The zero-order valence-electron chi connectivity index (χ0n) is 16.4. The molecule has 1 aliphatic rings. The van der Waals surface area contributed by atoms with E-state index in [2.05, 4.69) is 24.5 Å². The van der Waals surface area contributed by atoms with Gasteiger partial charge in [-0.15, -0.1) is 0 Å². The fraction of sp³-hybridized carbons (Fsp3) is 0.550. The molecule has 0 atom stereocenters. The number of para-hydroxylation sites is 2. The number of hydrogen-bond acceptors (Lipinski definition) is 4. The molecule has 2 amide bonds. The van der Waals surface area contributed by atoms with Crippen LogP contribution in [0.3, 0.4) is 0 Å². The third kappa shape index (κ3) is 4.83. The Kier molecular flexibility index (Phi) is 6.42. The molecule has 1 fully saturated rings. The maximum Gasteiger partial charge on any atom is 0.233 e. The van der Waals surface area contributed by atoms with Gasteiger partial charge in [-0.3, -0.25) is 9.59 Å². The number of aromatic nitrogens is 2. The highest BCUT2D eigenvalue weighted by Gasteiger charge is 2.23. The number of fused-ring (bicyclic) bond motifs is 1. The molecule has 3 rings (SSSR count). The van der Waals surface area contributed by atoms with Gasteiger partial charge in [0.25, 0.3) is 0 Å². The number of amides is 2. The highest BCUT2D eigenvalue weighted by molar-refractivity contribution is 7.99. The zero-order chi connectivity index (χ0) is 19.4. The van der Waals surface area contributed by atoms with Gasteiger partial charge in [0.15, 0.2) is 5.16 Å². The lowest BCUT2D eigenvalue weighted by molar-refractivity contribution is -0.136. The standard InChI is InChI=1S/C20H28N4O2S/c1-15(2)8-9-24-18-7-5-4-6-17(18)21-20(24)27-14-19(26)23-12-10-22(11-13-23)16(3)25/h4-7,15H,8-14H2,1-3H3. The second kappa shape index (κ2) is 8.78.